The molecule has 0 bridgehead atoms. The van der Waals surface area contributed by atoms with Crippen LogP contribution >= 0.6 is 0 Å². The first kappa shape index (κ1) is 11.9. The van der Waals surface area contributed by atoms with Crippen molar-refractivity contribution in [1.82, 2.24) is 9.97 Å². The maximum Gasteiger partial charge on any atom is 0.244 e. The summed E-state index contributed by atoms with van der Waals surface area (Å²) < 4.78 is 4.51. The molecule has 0 saturated heterocycles. The number of nitrogens with one attached hydrogen (secondary N) is 2. The highest BCUT2D eigenvalue weighted by atomic mass is 15.2. The van der Waals surface area contributed by atoms with Crippen molar-refractivity contribution in [3.63, 3.8) is 0 Å². The number of aromatic nitrogens is 4. The van der Waals surface area contributed by atoms with E-state index in [1.807, 2.05) is 12.7 Å². The van der Waals surface area contributed by atoms with Gasteiger partial charge in [0.15, 0.2) is 0 Å². The molecule has 2 aromatic rings. The van der Waals surface area contributed by atoms with Gasteiger partial charge in [0.1, 0.15) is 23.8 Å². The third-order valence-corrected chi connectivity index (χ3v) is 3.07. The summed E-state index contributed by atoms with van der Waals surface area (Å²) in [5, 5.41) is 0. The molecule has 2 rings (SSSR count). The number of hydrogen-bond donors (Lipinski definition) is 2. The van der Waals surface area contributed by atoms with Crippen molar-refractivity contribution in [1.29, 1.82) is 0 Å². The third-order valence-electron chi connectivity index (χ3n) is 3.07. The zero-order valence-electron chi connectivity index (χ0n) is 11.1. The molecule has 0 radical (unpaired) electrons. The Hall–Kier alpha value is -1.58. The van der Waals surface area contributed by atoms with E-state index in [1.165, 1.54) is 11.4 Å². The van der Waals surface area contributed by atoms with E-state index in [0.29, 0.717) is 11.8 Å². The molecule has 92 valence electrons. The van der Waals surface area contributed by atoms with E-state index in [0.717, 1.165) is 6.67 Å². The summed E-state index contributed by atoms with van der Waals surface area (Å²) in [5.74, 6) is 1.06. The summed E-state index contributed by atoms with van der Waals surface area (Å²) in [6.45, 7) is 9.71. The van der Waals surface area contributed by atoms with Gasteiger partial charge in [0.2, 0.25) is 19.3 Å². The molecule has 0 unspecified atom stereocenters. The monoisotopic (exact) mass is 234 g/mol. The molecule has 2 aromatic heterocycles. The highest BCUT2D eigenvalue weighted by molar-refractivity contribution is 4.93. The van der Waals surface area contributed by atoms with E-state index < -0.39 is 0 Å². The molecule has 0 atom stereocenters. The summed E-state index contributed by atoms with van der Waals surface area (Å²) in [5.41, 5.74) is 2.65. The van der Waals surface area contributed by atoms with Crippen molar-refractivity contribution >= 4 is 0 Å². The highest BCUT2D eigenvalue weighted by Gasteiger charge is 2.18. The van der Waals surface area contributed by atoms with E-state index in [-0.39, 0.29) is 0 Å². The second-order valence-electron chi connectivity index (χ2n) is 5.12. The molecule has 0 aliphatic heterocycles. The van der Waals surface area contributed by atoms with Crippen LogP contribution in [0.25, 0.3) is 0 Å². The number of nitrogens with zero attached hydrogens (tertiary/aromatic N) is 2. The lowest BCUT2D eigenvalue weighted by Crippen LogP contribution is -2.53. The Kier molecular flexibility index (Phi) is 3.31. The predicted octanol–water partition coefficient (Wildman–Crippen LogP) is 1.67. The van der Waals surface area contributed by atoms with Crippen molar-refractivity contribution < 1.29 is 9.13 Å². The summed E-state index contributed by atoms with van der Waals surface area (Å²) in [6, 6.07) is 0. The molecule has 17 heavy (non-hydrogen) atoms. The Morgan fingerprint density at radius 2 is 1.29 bits per heavy atom. The molecular formula is C13H22N4+2. The number of hydrogen-bond acceptors (Lipinski definition) is 0. The summed E-state index contributed by atoms with van der Waals surface area (Å²) in [7, 11) is 0. The third kappa shape index (κ3) is 2.40. The SMILES string of the molecule is CC(C)c1c[nH]c[n+]1C[n+]1c[nH]cc1C(C)C. The normalized spacial score (nSPS) is 11.6. The second-order valence-corrected chi connectivity index (χ2v) is 5.12. The zero-order chi connectivity index (χ0) is 12.4. The van der Waals surface area contributed by atoms with Gasteiger partial charge in [-0.2, -0.15) is 9.13 Å². The number of aromatic amines is 2. The smallest absolute Gasteiger partial charge is 0.244 e. The average Bonchev–Trinajstić information content (AvgIpc) is 2.86. The van der Waals surface area contributed by atoms with Gasteiger partial charge in [0.05, 0.1) is 0 Å². The first-order valence-corrected chi connectivity index (χ1v) is 6.21. The molecule has 2 heterocycles. The van der Waals surface area contributed by atoms with Crippen LogP contribution in [0.3, 0.4) is 0 Å². The van der Waals surface area contributed by atoms with Crippen molar-refractivity contribution in [3.8, 4) is 0 Å². The number of imidazole rings is 2. The van der Waals surface area contributed by atoms with Crippen LogP contribution in [0.1, 0.15) is 50.9 Å². The van der Waals surface area contributed by atoms with Gasteiger partial charge in [-0.1, -0.05) is 27.7 Å². The minimum Gasteiger partial charge on any atom is -0.250 e. The van der Waals surface area contributed by atoms with Crippen LogP contribution < -0.4 is 9.13 Å². The topological polar surface area (TPSA) is 39.3 Å². The summed E-state index contributed by atoms with van der Waals surface area (Å²) >= 11 is 0. The van der Waals surface area contributed by atoms with Gasteiger partial charge in [0.25, 0.3) is 0 Å². The van der Waals surface area contributed by atoms with Crippen molar-refractivity contribution in [2.24, 2.45) is 0 Å². The molecule has 0 spiro atoms. The maximum absolute atomic E-state index is 3.18. The summed E-state index contributed by atoms with van der Waals surface area (Å²) in [4.78, 5) is 6.36. The number of rotatable bonds is 4. The van der Waals surface area contributed by atoms with E-state index in [4.69, 9.17) is 0 Å². The van der Waals surface area contributed by atoms with Gasteiger partial charge >= 0.3 is 0 Å². The van der Waals surface area contributed by atoms with E-state index >= 15 is 0 Å². The van der Waals surface area contributed by atoms with Gasteiger partial charge in [-0.3, -0.25) is 0 Å². The Bertz CT molecular complexity index is 435. The molecule has 4 heteroatoms. The number of H-pyrrole nitrogens is 2. The van der Waals surface area contributed by atoms with Gasteiger partial charge in [0, 0.05) is 11.8 Å². The Morgan fingerprint density at radius 1 is 0.882 bits per heavy atom. The van der Waals surface area contributed by atoms with Crippen LogP contribution in [0.5, 0.6) is 0 Å². The maximum atomic E-state index is 3.18. The fourth-order valence-electron chi connectivity index (χ4n) is 2.15. The van der Waals surface area contributed by atoms with Crippen molar-refractivity contribution in [2.45, 2.75) is 46.2 Å². The minimum absolute atomic E-state index is 0.531. The molecule has 0 saturated carbocycles. The van der Waals surface area contributed by atoms with Gasteiger partial charge in [-0.15, -0.1) is 0 Å². The van der Waals surface area contributed by atoms with E-state index in [1.54, 1.807) is 0 Å². The molecule has 0 aliphatic carbocycles. The lowest BCUT2D eigenvalue weighted by atomic mass is 10.1. The molecule has 0 amide bonds. The largest absolute Gasteiger partial charge is 0.250 e. The predicted molar refractivity (Wildman–Crippen MR) is 65.6 cm³/mol. The second kappa shape index (κ2) is 4.73. The van der Waals surface area contributed by atoms with Crippen LogP contribution in [0, 0.1) is 0 Å². The molecule has 4 nitrogen and oxygen atoms in total. The first-order valence-electron chi connectivity index (χ1n) is 6.21. The van der Waals surface area contributed by atoms with Crippen LogP contribution in [-0.2, 0) is 6.67 Å². The Balaban J connectivity index is 2.25. The molecule has 0 fully saturated rings. The summed E-state index contributed by atoms with van der Waals surface area (Å²) in [6.07, 6.45) is 8.21. The van der Waals surface area contributed by atoms with Crippen LogP contribution in [0.2, 0.25) is 0 Å². The van der Waals surface area contributed by atoms with E-state index in [2.05, 4.69) is 59.2 Å². The molecule has 0 aromatic carbocycles. The fraction of sp³-hybridized carbons (Fsp3) is 0.538. The first-order chi connectivity index (χ1) is 8.09. The molecule has 0 aliphatic rings. The van der Waals surface area contributed by atoms with Gasteiger partial charge in [-0.05, 0) is 0 Å². The quantitative estimate of drug-likeness (QED) is 0.756. The Morgan fingerprint density at radius 3 is 1.65 bits per heavy atom. The lowest BCUT2D eigenvalue weighted by Gasteiger charge is -2.05. The zero-order valence-corrected chi connectivity index (χ0v) is 11.1. The van der Waals surface area contributed by atoms with Crippen LogP contribution in [0.4, 0.5) is 0 Å². The minimum atomic E-state index is 0.531. The highest BCUT2D eigenvalue weighted by Crippen LogP contribution is 2.09. The average molecular weight is 234 g/mol. The van der Waals surface area contributed by atoms with Gasteiger partial charge in [-0.25, -0.2) is 9.97 Å². The van der Waals surface area contributed by atoms with Crippen LogP contribution in [-0.4, -0.2) is 9.97 Å². The standard InChI is InChI=1S/C13H20N4/c1-10(2)12-5-14-7-16(12)9-17-8-15-6-13(17)11(3)4/h5-8,10-11H,9H2,1-4H3/p+2. The van der Waals surface area contributed by atoms with Crippen molar-refractivity contribution in [2.75, 3.05) is 0 Å². The molecular weight excluding hydrogens is 212 g/mol. The van der Waals surface area contributed by atoms with Crippen LogP contribution in [0.15, 0.2) is 25.0 Å². The molecule has 2 N–H and O–H groups in total. The Labute approximate surface area is 102 Å². The lowest BCUT2D eigenvalue weighted by molar-refractivity contribution is -0.918. The van der Waals surface area contributed by atoms with Crippen molar-refractivity contribution in [3.05, 3.63) is 36.4 Å². The van der Waals surface area contributed by atoms with Gasteiger partial charge < -0.3 is 0 Å². The van der Waals surface area contributed by atoms with E-state index in [9.17, 15) is 0 Å². The fourth-order valence-corrected chi connectivity index (χ4v) is 2.15.